The van der Waals surface area contributed by atoms with Gasteiger partial charge < -0.3 is 10.4 Å². The van der Waals surface area contributed by atoms with E-state index in [9.17, 15) is 36.2 Å². The standard InChI is InChI=1S/C17H20F6N4O2/c1-9(28)14(26(2)3)15(29)24-7-12-8-27(25-12)13-5-10(16(18,19)20)4-11(6-13)17(21,22)23/h4-6,8-9,14,25,28H,7H2,1-3H3,(H,24,29). The SMILES string of the molecule is CC(O)C(C(=O)NCc1cn(-c2cc(C(F)(F)F)cc(C(F)(F)F)c2)[nH]1)N(C)C. The van der Waals surface area contributed by atoms with Gasteiger partial charge in [0.1, 0.15) is 6.04 Å². The van der Waals surface area contributed by atoms with Crippen molar-refractivity contribution in [2.45, 2.75) is 38.0 Å². The normalized spacial score (nSPS) is 14.9. The molecule has 0 bridgehead atoms. The molecule has 0 fully saturated rings. The third-order valence-electron chi connectivity index (χ3n) is 4.13. The first-order valence-electron chi connectivity index (χ1n) is 8.38. The highest BCUT2D eigenvalue weighted by Gasteiger charge is 2.37. The summed E-state index contributed by atoms with van der Waals surface area (Å²) < 4.78 is 78.5. The lowest BCUT2D eigenvalue weighted by Crippen LogP contribution is -2.49. The van der Waals surface area contributed by atoms with Crippen LogP contribution in [0.4, 0.5) is 26.3 Å². The van der Waals surface area contributed by atoms with Gasteiger partial charge in [-0.25, -0.2) is 0 Å². The molecule has 2 aromatic rings. The van der Waals surface area contributed by atoms with Crippen LogP contribution in [0, 0.1) is 0 Å². The summed E-state index contributed by atoms with van der Waals surface area (Å²) in [5.41, 5.74) is -2.83. The lowest BCUT2D eigenvalue weighted by atomic mass is 10.1. The van der Waals surface area contributed by atoms with Crippen molar-refractivity contribution in [3.63, 3.8) is 0 Å². The number of hydrogen-bond donors (Lipinski definition) is 3. The molecule has 1 aromatic carbocycles. The fraction of sp³-hybridized carbons (Fsp3) is 0.471. The minimum atomic E-state index is -4.94. The number of carbonyl (C=O) groups excluding carboxylic acids is 1. The van der Waals surface area contributed by atoms with Crippen LogP contribution in [0.2, 0.25) is 0 Å². The molecule has 1 heterocycles. The smallest absolute Gasteiger partial charge is 0.391 e. The van der Waals surface area contributed by atoms with Crippen LogP contribution in [0.1, 0.15) is 23.7 Å². The minimum absolute atomic E-state index is 0.0442. The van der Waals surface area contributed by atoms with Gasteiger partial charge in [0.25, 0.3) is 0 Å². The van der Waals surface area contributed by atoms with Crippen LogP contribution >= 0.6 is 0 Å². The van der Waals surface area contributed by atoms with E-state index in [4.69, 9.17) is 0 Å². The molecular weight excluding hydrogens is 406 g/mol. The second-order valence-corrected chi connectivity index (χ2v) is 6.77. The fourth-order valence-electron chi connectivity index (χ4n) is 2.78. The second kappa shape index (κ2) is 8.11. The number of rotatable bonds is 6. The number of alkyl halides is 6. The van der Waals surface area contributed by atoms with E-state index in [1.807, 2.05) is 0 Å². The number of aromatic amines is 1. The number of nitrogens with one attached hydrogen (secondary N) is 2. The maximum Gasteiger partial charge on any atom is 0.416 e. The number of hydrogen-bond acceptors (Lipinski definition) is 3. The van der Waals surface area contributed by atoms with E-state index in [0.717, 1.165) is 4.68 Å². The summed E-state index contributed by atoms with van der Waals surface area (Å²) in [6, 6.07) is 0.406. The molecule has 6 nitrogen and oxygen atoms in total. The first kappa shape index (κ1) is 22.8. The molecule has 0 aliphatic carbocycles. The fourth-order valence-corrected chi connectivity index (χ4v) is 2.78. The highest BCUT2D eigenvalue weighted by Crippen LogP contribution is 2.37. The summed E-state index contributed by atoms with van der Waals surface area (Å²) in [5, 5.41) is 14.7. The molecule has 2 unspecified atom stereocenters. The number of aliphatic hydroxyl groups excluding tert-OH is 1. The molecule has 0 aliphatic rings. The van der Waals surface area contributed by atoms with E-state index in [-0.39, 0.29) is 18.3 Å². The molecule has 2 atom stereocenters. The molecule has 12 heteroatoms. The van der Waals surface area contributed by atoms with Crippen LogP contribution in [-0.2, 0) is 23.7 Å². The van der Waals surface area contributed by atoms with Crippen LogP contribution in [0.5, 0.6) is 0 Å². The molecular formula is C17H20F6N4O2. The molecule has 3 N–H and O–H groups in total. The largest absolute Gasteiger partial charge is 0.416 e. The van der Waals surface area contributed by atoms with E-state index >= 15 is 0 Å². The van der Waals surface area contributed by atoms with E-state index in [1.54, 1.807) is 14.1 Å². The highest BCUT2D eigenvalue weighted by atomic mass is 19.4. The van der Waals surface area contributed by atoms with Crippen molar-refractivity contribution >= 4 is 5.91 Å². The van der Waals surface area contributed by atoms with Crippen molar-refractivity contribution in [3.05, 3.63) is 41.2 Å². The Morgan fingerprint density at radius 2 is 1.62 bits per heavy atom. The van der Waals surface area contributed by atoms with Crippen molar-refractivity contribution in [1.29, 1.82) is 0 Å². The molecule has 0 radical (unpaired) electrons. The Balaban J connectivity index is 2.17. The Morgan fingerprint density at radius 1 is 1.14 bits per heavy atom. The Labute approximate surface area is 162 Å². The molecule has 1 amide bonds. The van der Waals surface area contributed by atoms with Crippen molar-refractivity contribution in [3.8, 4) is 5.69 Å². The summed E-state index contributed by atoms with van der Waals surface area (Å²) in [4.78, 5) is 13.6. The lowest BCUT2D eigenvalue weighted by Gasteiger charge is -2.26. The summed E-state index contributed by atoms with van der Waals surface area (Å²) >= 11 is 0. The third kappa shape index (κ3) is 5.54. The molecule has 162 valence electrons. The van der Waals surface area contributed by atoms with Crippen LogP contribution in [0.3, 0.4) is 0 Å². The van der Waals surface area contributed by atoms with Crippen molar-refractivity contribution in [2.75, 3.05) is 14.1 Å². The average molecular weight is 426 g/mol. The van der Waals surface area contributed by atoms with Crippen molar-refractivity contribution in [1.82, 2.24) is 20.0 Å². The monoisotopic (exact) mass is 426 g/mol. The second-order valence-electron chi connectivity index (χ2n) is 6.77. The maximum absolute atomic E-state index is 12.9. The van der Waals surface area contributed by atoms with Gasteiger partial charge >= 0.3 is 12.4 Å². The van der Waals surface area contributed by atoms with Crippen molar-refractivity contribution < 1.29 is 36.2 Å². The molecule has 0 aliphatic heterocycles. The number of nitrogens with zero attached hydrogens (tertiary/aromatic N) is 2. The van der Waals surface area contributed by atoms with Crippen LogP contribution in [0.15, 0.2) is 24.4 Å². The predicted octanol–water partition coefficient (Wildman–Crippen LogP) is 2.77. The Morgan fingerprint density at radius 3 is 2.00 bits per heavy atom. The Bertz CT molecular complexity index is 799. The zero-order valence-electron chi connectivity index (χ0n) is 15.7. The zero-order valence-corrected chi connectivity index (χ0v) is 15.7. The van der Waals surface area contributed by atoms with E-state index in [0.29, 0.717) is 17.8 Å². The predicted molar refractivity (Wildman–Crippen MR) is 91.1 cm³/mol. The Kier molecular flexibility index (Phi) is 6.38. The topological polar surface area (TPSA) is 73.3 Å². The minimum Gasteiger partial charge on any atom is -0.391 e. The number of likely N-dealkylation sites (N-methyl/N-ethyl adjacent to an activating group) is 1. The first-order valence-corrected chi connectivity index (χ1v) is 8.38. The van der Waals surface area contributed by atoms with Gasteiger partial charge in [0.15, 0.2) is 0 Å². The molecule has 29 heavy (non-hydrogen) atoms. The first-order chi connectivity index (χ1) is 13.2. The summed E-state index contributed by atoms with van der Waals surface area (Å²) in [7, 11) is 3.21. The highest BCUT2D eigenvalue weighted by molar-refractivity contribution is 5.82. The summed E-state index contributed by atoms with van der Waals surface area (Å²) in [6.45, 7) is 1.40. The number of aliphatic hydroxyl groups is 1. The third-order valence-corrected chi connectivity index (χ3v) is 4.13. The van der Waals surface area contributed by atoms with Gasteiger partial charge in [-0.3, -0.25) is 19.5 Å². The van der Waals surface area contributed by atoms with Crippen LogP contribution in [-0.4, -0.2) is 51.9 Å². The molecule has 2 rings (SSSR count). The van der Waals surface area contributed by atoms with Gasteiger partial charge in [-0.15, -0.1) is 0 Å². The van der Waals surface area contributed by atoms with Crippen LogP contribution < -0.4 is 5.32 Å². The van der Waals surface area contributed by atoms with Gasteiger partial charge in [-0.05, 0) is 39.2 Å². The average Bonchev–Trinajstić information content (AvgIpc) is 2.50. The van der Waals surface area contributed by atoms with E-state index in [2.05, 4.69) is 10.4 Å². The quantitative estimate of drug-likeness (QED) is 0.622. The molecule has 0 spiro atoms. The van der Waals surface area contributed by atoms with Gasteiger partial charge in [-0.2, -0.15) is 26.3 Å². The molecule has 1 aromatic heterocycles. The Hall–Kier alpha value is -2.47. The molecule has 0 saturated carbocycles. The molecule has 0 saturated heterocycles. The van der Waals surface area contributed by atoms with E-state index < -0.39 is 41.5 Å². The van der Waals surface area contributed by atoms with Gasteiger partial charge in [0.2, 0.25) is 5.91 Å². The van der Waals surface area contributed by atoms with E-state index in [1.165, 1.54) is 18.0 Å². The maximum atomic E-state index is 12.9. The summed E-state index contributed by atoms with van der Waals surface area (Å²) in [5.74, 6) is -0.482. The lowest BCUT2D eigenvalue weighted by molar-refractivity contribution is -0.143. The number of benzene rings is 1. The summed E-state index contributed by atoms with van der Waals surface area (Å²) in [6.07, 6.45) is -9.56. The van der Waals surface area contributed by atoms with Gasteiger partial charge in [-0.1, -0.05) is 0 Å². The van der Waals surface area contributed by atoms with Crippen molar-refractivity contribution in [2.24, 2.45) is 0 Å². The van der Waals surface area contributed by atoms with Crippen LogP contribution in [0.25, 0.3) is 5.69 Å². The zero-order chi connectivity index (χ0) is 22.1. The number of carbonyl (C=O) groups is 1. The van der Waals surface area contributed by atoms with Gasteiger partial charge in [0, 0.05) is 6.20 Å². The van der Waals surface area contributed by atoms with Gasteiger partial charge in [0.05, 0.1) is 35.2 Å². The number of aromatic nitrogens is 2. The number of halogens is 6. The number of amides is 1. The number of H-pyrrole nitrogens is 1.